The Balaban J connectivity index is 2.00. The van der Waals surface area contributed by atoms with E-state index in [1.165, 1.54) is 0 Å². The third-order valence-corrected chi connectivity index (χ3v) is 3.47. The van der Waals surface area contributed by atoms with E-state index in [0.717, 1.165) is 5.69 Å². The van der Waals surface area contributed by atoms with Crippen molar-refractivity contribution < 1.29 is 4.42 Å². The smallest absolute Gasteiger partial charge is 0.292 e. The molecule has 1 aliphatic rings. The minimum atomic E-state index is -0.272. The molecule has 0 spiro atoms. The van der Waals surface area contributed by atoms with E-state index in [-0.39, 0.29) is 10.8 Å². The number of aromatic nitrogens is 2. The van der Waals surface area contributed by atoms with Gasteiger partial charge in [-0.05, 0) is 30.7 Å². The first-order chi connectivity index (χ1) is 9.57. The lowest BCUT2D eigenvalue weighted by Crippen LogP contribution is -2.30. The second-order valence-corrected chi connectivity index (χ2v) is 5.24. The molecule has 1 unspecified atom stereocenters. The number of amidine groups is 1. The Labute approximate surface area is 121 Å². The molecule has 0 amide bonds. The fourth-order valence-electron chi connectivity index (χ4n) is 2.22. The number of pyridine rings is 1. The summed E-state index contributed by atoms with van der Waals surface area (Å²) in [6.45, 7) is 2.07. The summed E-state index contributed by atoms with van der Waals surface area (Å²) in [6.07, 6.45) is 5.92. The van der Waals surface area contributed by atoms with Crippen molar-refractivity contribution >= 4 is 17.4 Å². The predicted molar refractivity (Wildman–Crippen MR) is 77.5 cm³/mol. The maximum atomic E-state index is 5.83. The summed E-state index contributed by atoms with van der Waals surface area (Å²) < 4.78 is 5.29. The van der Waals surface area contributed by atoms with Gasteiger partial charge in [0.1, 0.15) is 11.5 Å². The van der Waals surface area contributed by atoms with Gasteiger partial charge >= 0.3 is 0 Å². The molecule has 1 aliphatic heterocycles. The van der Waals surface area contributed by atoms with Gasteiger partial charge in [0, 0.05) is 18.0 Å². The molecule has 0 bridgehead atoms. The predicted octanol–water partition coefficient (Wildman–Crippen LogP) is 2.92. The number of allylic oxidation sites excluding steroid dienone is 1. The van der Waals surface area contributed by atoms with Crippen molar-refractivity contribution in [3.05, 3.63) is 47.7 Å². The van der Waals surface area contributed by atoms with Crippen LogP contribution in [0.1, 0.15) is 19.0 Å². The zero-order chi connectivity index (χ0) is 14.2. The maximum absolute atomic E-state index is 5.83. The van der Waals surface area contributed by atoms with Crippen LogP contribution in [-0.2, 0) is 5.41 Å². The molecule has 0 fully saturated rings. The van der Waals surface area contributed by atoms with Gasteiger partial charge in [-0.1, -0.05) is 12.1 Å². The highest BCUT2D eigenvalue weighted by Gasteiger charge is 2.29. The minimum Gasteiger partial charge on any atom is -0.426 e. The molecule has 6 heteroatoms. The van der Waals surface area contributed by atoms with E-state index >= 15 is 0 Å². The van der Waals surface area contributed by atoms with Crippen molar-refractivity contribution in [1.29, 1.82) is 0 Å². The van der Waals surface area contributed by atoms with Crippen molar-refractivity contribution in [2.24, 2.45) is 10.7 Å². The van der Waals surface area contributed by atoms with Gasteiger partial charge in [-0.2, -0.15) is 0 Å². The number of hydrogen-bond donors (Lipinski definition) is 1. The van der Waals surface area contributed by atoms with Crippen LogP contribution in [-0.4, -0.2) is 15.8 Å². The van der Waals surface area contributed by atoms with Crippen LogP contribution in [0.25, 0.3) is 11.5 Å². The van der Waals surface area contributed by atoms with Gasteiger partial charge < -0.3 is 10.2 Å². The van der Waals surface area contributed by atoms with Crippen LogP contribution in [0.2, 0.25) is 5.35 Å². The van der Waals surface area contributed by atoms with E-state index < -0.39 is 0 Å². The molecular formula is C14H13ClN4O. The molecule has 102 valence electrons. The van der Waals surface area contributed by atoms with E-state index in [0.29, 0.717) is 23.7 Å². The standard InChI is InChI=1S/C14H13ClN4O/c1-14(5-6-17-12(16)7-14)11-4-2-3-9(19-11)10-8-18-13(15)20-10/h2-6,8H,7H2,1H3,(H2,16,17). The highest BCUT2D eigenvalue weighted by Crippen LogP contribution is 2.31. The van der Waals surface area contributed by atoms with E-state index in [4.69, 9.17) is 21.8 Å². The molecule has 0 saturated carbocycles. The molecule has 5 nitrogen and oxygen atoms in total. The third-order valence-electron chi connectivity index (χ3n) is 3.30. The van der Waals surface area contributed by atoms with Crippen molar-refractivity contribution in [2.45, 2.75) is 18.8 Å². The van der Waals surface area contributed by atoms with Crippen LogP contribution < -0.4 is 5.73 Å². The molecule has 1 atom stereocenters. The largest absolute Gasteiger partial charge is 0.426 e. The van der Waals surface area contributed by atoms with Gasteiger partial charge in [0.05, 0.1) is 11.9 Å². The Kier molecular flexibility index (Phi) is 3.06. The van der Waals surface area contributed by atoms with E-state index in [1.54, 1.807) is 12.4 Å². The van der Waals surface area contributed by atoms with Crippen LogP contribution >= 0.6 is 11.6 Å². The summed E-state index contributed by atoms with van der Waals surface area (Å²) in [5.41, 5.74) is 7.14. The summed E-state index contributed by atoms with van der Waals surface area (Å²) in [7, 11) is 0. The summed E-state index contributed by atoms with van der Waals surface area (Å²) in [5.74, 6) is 1.15. The molecule has 2 aromatic heterocycles. The normalized spacial score (nSPS) is 21.8. The van der Waals surface area contributed by atoms with Gasteiger partial charge in [0.25, 0.3) is 5.35 Å². The summed E-state index contributed by atoms with van der Waals surface area (Å²) in [4.78, 5) is 12.6. The van der Waals surface area contributed by atoms with E-state index in [9.17, 15) is 0 Å². The quantitative estimate of drug-likeness (QED) is 0.921. The lowest BCUT2D eigenvalue weighted by atomic mass is 9.81. The summed E-state index contributed by atoms with van der Waals surface area (Å²) in [6, 6.07) is 5.74. The van der Waals surface area contributed by atoms with Crippen LogP contribution in [0, 0.1) is 0 Å². The average Bonchev–Trinajstić information content (AvgIpc) is 2.85. The average molecular weight is 289 g/mol. The highest BCUT2D eigenvalue weighted by atomic mass is 35.5. The lowest BCUT2D eigenvalue weighted by molar-refractivity contribution is 0.566. The number of aliphatic imine (C=N–C) groups is 1. The second-order valence-electron chi connectivity index (χ2n) is 4.92. The molecule has 0 aliphatic carbocycles. The highest BCUT2D eigenvalue weighted by molar-refractivity contribution is 6.27. The van der Waals surface area contributed by atoms with E-state index in [1.807, 2.05) is 24.3 Å². The zero-order valence-corrected chi connectivity index (χ0v) is 11.6. The molecule has 0 saturated heterocycles. The molecule has 3 heterocycles. The fraction of sp³-hybridized carbons (Fsp3) is 0.214. The van der Waals surface area contributed by atoms with Crippen molar-refractivity contribution in [2.75, 3.05) is 0 Å². The molecule has 2 aromatic rings. The fourth-order valence-corrected chi connectivity index (χ4v) is 2.35. The monoisotopic (exact) mass is 288 g/mol. The molecule has 2 N–H and O–H groups in total. The Bertz CT molecular complexity index is 707. The van der Waals surface area contributed by atoms with Gasteiger partial charge in [0.15, 0.2) is 5.76 Å². The number of nitrogens with zero attached hydrogens (tertiary/aromatic N) is 3. The summed E-state index contributed by atoms with van der Waals surface area (Å²) in [5, 5.41) is 0.104. The first-order valence-electron chi connectivity index (χ1n) is 6.16. The van der Waals surface area contributed by atoms with Gasteiger partial charge in [0.2, 0.25) is 0 Å². The number of hydrogen-bond acceptors (Lipinski definition) is 5. The van der Waals surface area contributed by atoms with Gasteiger partial charge in [-0.15, -0.1) is 0 Å². The Morgan fingerprint density at radius 2 is 2.25 bits per heavy atom. The first kappa shape index (κ1) is 12.9. The number of rotatable bonds is 2. The maximum Gasteiger partial charge on any atom is 0.292 e. The van der Waals surface area contributed by atoms with Crippen molar-refractivity contribution in [1.82, 2.24) is 9.97 Å². The van der Waals surface area contributed by atoms with Crippen molar-refractivity contribution in [3.63, 3.8) is 0 Å². The van der Waals surface area contributed by atoms with Crippen LogP contribution in [0.3, 0.4) is 0 Å². The van der Waals surface area contributed by atoms with Crippen molar-refractivity contribution in [3.8, 4) is 11.5 Å². The molecule has 0 aromatic carbocycles. The number of oxazole rings is 1. The Morgan fingerprint density at radius 3 is 2.95 bits per heavy atom. The first-order valence-corrected chi connectivity index (χ1v) is 6.54. The van der Waals surface area contributed by atoms with Crippen LogP contribution in [0.4, 0.5) is 0 Å². The number of nitrogens with two attached hydrogens (primary N) is 1. The van der Waals surface area contributed by atoms with Crippen LogP contribution in [0.15, 0.2) is 46.1 Å². The zero-order valence-electron chi connectivity index (χ0n) is 10.9. The molecular weight excluding hydrogens is 276 g/mol. The Morgan fingerprint density at radius 1 is 1.40 bits per heavy atom. The minimum absolute atomic E-state index is 0.104. The molecule has 3 rings (SSSR count). The van der Waals surface area contributed by atoms with Gasteiger partial charge in [-0.25, -0.2) is 15.0 Å². The lowest BCUT2D eigenvalue weighted by Gasteiger charge is -2.27. The molecule has 0 radical (unpaired) electrons. The molecule has 20 heavy (non-hydrogen) atoms. The number of halogens is 1. The van der Waals surface area contributed by atoms with Crippen LogP contribution in [0.5, 0.6) is 0 Å². The van der Waals surface area contributed by atoms with Gasteiger partial charge in [-0.3, -0.25) is 0 Å². The third kappa shape index (κ3) is 2.32. The van der Waals surface area contributed by atoms with E-state index in [2.05, 4.69) is 21.9 Å². The Hall–Kier alpha value is -2.14. The topological polar surface area (TPSA) is 77.3 Å². The SMILES string of the molecule is CC1(c2cccc(-c3cnc(Cl)o3)n2)C=CN=C(N)C1. The second kappa shape index (κ2) is 4.76. The summed E-state index contributed by atoms with van der Waals surface area (Å²) >= 11 is 5.70.